The van der Waals surface area contributed by atoms with Crippen molar-refractivity contribution in [1.29, 1.82) is 0 Å². The lowest BCUT2D eigenvalue weighted by Crippen LogP contribution is -2.36. The first-order valence-electron chi connectivity index (χ1n) is 6.76. The molecule has 2 aromatic rings. The quantitative estimate of drug-likeness (QED) is 0.858. The molecule has 0 fully saturated rings. The molecule has 0 spiro atoms. The predicted octanol–water partition coefficient (Wildman–Crippen LogP) is 2.94. The number of nitrogens with zero attached hydrogens (tertiary/aromatic N) is 2. The summed E-state index contributed by atoms with van der Waals surface area (Å²) in [5, 5.41) is 0.658. The highest BCUT2D eigenvalue weighted by Gasteiger charge is 2.18. The molecular weight excluding hydrogens is 327 g/mol. The lowest BCUT2D eigenvalue weighted by atomic mass is 10.2. The molecule has 0 saturated carbocycles. The van der Waals surface area contributed by atoms with Gasteiger partial charge in [0.1, 0.15) is 5.69 Å². The second-order valence-corrected chi connectivity index (χ2v) is 5.28. The van der Waals surface area contributed by atoms with Gasteiger partial charge in [-0.1, -0.05) is 37.0 Å². The van der Waals surface area contributed by atoms with Crippen molar-refractivity contribution in [2.24, 2.45) is 0 Å². The Bertz CT molecular complexity index is 755. The van der Waals surface area contributed by atoms with Crippen LogP contribution in [0.25, 0.3) is 0 Å². The van der Waals surface area contributed by atoms with Gasteiger partial charge in [0.2, 0.25) is 0 Å². The number of hydrogen-bond acceptors (Lipinski definition) is 4. The average Bonchev–Trinajstić information content (AvgIpc) is 2.51. The van der Waals surface area contributed by atoms with Gasteiger partial charge in [-0.2, -0.15) is 0 Å². The standard InChI is InChI=1S/C15H14Cl2N2O3/c1-3-11-14(20)19(12(4-2)13(17)18-11)22-15(21)9-5-7-10(16)8-6-9/h5-8H,3-4H2,1-2H3. The Hall–Kier alpha value is -1.85. The Balaban J connectivity index is 2.44. The van der Waals surface area contributed by atoms with Gasteiger partial charge in [-0.3, -0.25) is 4.79 Å². The SMILES string of the molecule is CCc1nc(Cl)c(CC)n(OC(=O)c2ccc(Cl)cc2)c1=O. The third-order valence-corrected chi connectivity index (χ3v) is 3.63. The Morgan fingerprint density at radius 1 is 1.18 bits per heavy atom. The van der Waals surface area contributed by atoms with Gasteiger partial charge in [-0.05, 0) is 37.1 Å². The molecule has 1 aromatic carbocycles. The molecule has 0 aliphatic carbocycles. The van der Waals surface area contributed by atoms with E-state index in [1.165, 1.54) is 12.1 Å². The van der Waals surface area contributed by atoms with Crippen molar-refractivity contribution >= 4 is 29.2 Å². The van der Waals surface area contributed by atoms with E-state index in [-0.39, 0.29) is 16.4 Å². The zero-order valence-corrected chi connectivity index (χ0v) is 13.6. The summed E-state index contributed by atoms with van der Waals surface area (Å²) in [7, 11) is 0. The number of aromatic nitrogens is 2. The van der Waals surface area contributed by atoms with Crippen LogP contribution in [0.3, 0.4) is 0 Å². The summed E-state index contributed by atoms with van der Waals surface area (Å²) in [4.78, 5) is 33.7. The maximum absolute atomic E-state index is 12.3. The third-order valence-electron chi connectivity index (χ3n) is 3.07. The predicted molar refractivity (Wildman–Crippen MR) is 84.6 cm³/mol. The fraction of sp³-hybridized carbons (Fsp3) is 0.267. The molecule has 116 valence electrons. The van der Waals surface area contributed by atoms with Gasteiger partial charge in [-0.15, -0.1) is 4.73 Å². The lowest BCUT2D eigenvalue weighted by molar-refractivity contribution is 0.0425. The second kappa shape index (κ2) is 6.94. The summed E-state index contributed by atoms with van der Waals surface area (Å²) < 4.78 is 0.922. The normalized spacial score (nSPS) is 10.5. The van der Waals surface area contributed by atoms with Crippen LogP contribution in [-0.4, -0.2) is 15.7 Å². The van der Waals surface area contributed by atoms with Crippen LogP contribution in [0.2, 0.25) is 10.2 Å². The number of hydrogen-bond donors (Lipinski definition) is 0. The number of carbonyl (C=O) groups is 1. The minimum atomic E-state index is -0.669. The van der Waals surface area contributed by atoms with Crippen LogP contribution in [0.15, 0.2) is 29.1 Å². The van der Waals surface area contributed by atoms with Crippen molar-refractivity contribution in [2.45, 2.75) is 26.7 Å². The highest BCUT2D eigenvalue weighted by Crippen LogP contribution is 2.13. The first-order valence-corrected chi connectivity index (χ1v) is 7.52. The molecule has 0 bridgehead atoms. The monoisotopic (exact) mass is 340 g/mol. The van der Waals surface area contributed by atoms with Crippen LogP contribution >= 0.6 is 23.2 Å². The van der Waals surface area contributed by atoms with Crippen molar-refractivity contribution in [1.82, 2.24) is 9.71 Å². The molecule has 1 aromatic heterocycles. The van der Waals surface area contributed by atoms with E-state index in [4.69, 9.17) is 28.0 Å². The molecule has 0 aliphatic heterocycles. The maximum atomic E-state index is 12.3. The number of aryl methyl sites for hydroxylation is 1. The molecule has 0 unspecified atom stereocenters. The van der Waals surface area contributed by atoms with Gasteiger partial charge in [-0.25, -0.2) is 9.78 Å². The van der Waals surface area contributed by atoms with Crippen LogP contribution in [0.4, 0.5) is 0 Å². The third kappa shape index (κ3) is 3.31. The van der Waals surface area contributed by atoms with E-state index in [0.717, 1.165) is 4.73 Å². The summed E-state index contributed by atoms with van der Waals surface area (Å²) in [5.74, 6) is -0.669. The molecule has 0 aliphatic rings. The zero-order valence-electron chi connectivity index (χ0n) is 12.1. The van der Waals surface area contributed by atoms with Crippen molar-refractivity contribution in [3.63, 3.8) is 0 Å². The van der Waals surface area contributed by atoms with Gasteiger partial charge in [0.05, 0.1) is 11.3 Å². The van der Waals surface area contributed by atoms with Gasteiger partial charge in [0.25, 0.3) is 0 Å². The van der Waals surface area contributed by atoms with Crippen molar-refractivity contribution in [3.05, 3.63) is 61.7 Å². The molecule has 0 atom stereocenters. The highest BCUT2D eigenvalue weighted by molar-refractivity contribution is 6.30. The van der Waals surface area contributed by atoms with E-state index in [0.29, 0.717) is 23.6 Å². The molecule has 0 amide bonds. The first-order chi connectivity index (χ1) is 10.5. The molecule has 22 heavy (non-hydrogen) atoms. The summed E-state index contributed by atoms with van der Waals surface area (Å²) >= 11 is 11.8. The fourth-order valence-corrected chi connectivity index (χ4v) is 2.33. The van der Waals surface area contributed by atoms with Gasteiger partial charge >= 0.3 is 11.5 Å². The van der Waals surface area contributed by atoms with E-state index in [9.17, 15) is 9.59 Å². The Morgan fingerprint density at radius 3 is 2.36 bits per heavy atom. The van der Waals surface area contributed by atoms with E-state index in [1.54, 1.807) is 26.0 Å². The lowest BCUT2D eigenvalue weighted by Gasteiger charge is -2.13. The van der Waals surface area contributed by atoms with Gasteiger partial charge in [0.15, 0.2) is 5.15 Å². The Morgan fingerprint density at radius 2 is 1.82 bits per heavy atom. The highest BCUT2D eigenvalue weighted by atomic mass is 35.5. The van der Waals surface area contributed by atoms with E-state index in [1.807, 2.05) is 0 Å². The van der Waals surface area contributed by atoms with Crippen LogP contribution in [0.1, 0.15) is 35.6 Å². The van der Waals surface area contributed by atoms with Crippen LogP contribution < -0.4 is 10.4 Å². The van der Waals surface area contributed by atoms with Crippen LogP contribution in [0, 0.1) is 0 Å². The largest absolute Gasteiger partial charge is 0.363 e. The van der Waals surface area contributed by atoms with E-state index >= 15 is 0 Å². The Labute approximate surface area is 137 Å². The zero-order chi connectivity index (χ0) is 16.3. The number of carbonyl (C=O) groups excluding carboxylic acids is 1. The van der Waals surface area contributed by atoms with Gasteiger partial charge in [0, 0.05) is 5.02 Å². The number of benzene rings is 1. The molecule has 7 heteroatoms. The summed E-state index contributed by atoms with van der Waals surface area (Å²) in [5.41, 5.74) is 0.396. The van der Waals surface area contributed by atoms with Crippen LogP contribution in [-0.2, 0) is 12.8 Å². The Kier molecular flexibility index (Phi) is 5.21. The molecule has 0 radical (unpaired) electrons. The summed E-state index contributed by atoms with van der Waals surface area (Å²) in [6.45, 7) is 3.57. The summed E-state index contributed by atoms with van der Waals surface area (Å²) in [6.07, 6.45) is 0.792. The minimum Gasteiger partial charge on any atom is -0.328 e. The molecule has 0 saturated heterocycles. The molecule has 5 nitrogen and oxygen atoms in total. The van der Waals surface area contributed by atoms with Crippen molar-refractivity contribution < 1.29 is 9.63 Å². The molecule has 1 heterocycles. The first kappa shape index (κ1) is 16.5. The van der Waals surface area contributed by atoms with E-state index in [2.05, 4.69) is 4.98 Å². The molecule has 2 rings (SSSR count). The summed E-state index contributed by atoms with van der Waals surface area (Å²) in [6, 6.07) is 6.17. The minimum absolute atomic E-state index is 0.155. The van der Waals surface area contributed by atoms with Gasteiger partial charge < -0.3 is 4.84 Å². The fourth-order valence-electron chi connectivity index (χ4n) is 1.89. The average molecular weight is 341 g/mol. The maximum Gasteiger partial charge on any atom is 0.363 e. The van der Waals surface area contributed by atoms with Crippen LogP contribution in [0.5, 0.6) is 0 Å². The number of rotatable bonds is 4. The second-order valence-electron chi connectivity index (χ2n) is 4.49. The number of halogens is 2. The van der Waals surface area contributed by atoms with Crippen molar-refractivity contribution in [3.8, 4) is 0 Å². The molecule has 0 N–H and O–H groups in total. The smallest absolute Gasteiger partial charge is 0.328 e. The topological polar surface area (TPSA) is 61.2 Å². The van der Waals surface area contributed by atoms with Crippen molar-refractivity contribution in [2.75, 3.05) is 0 Å². The van der Waals surface area contributed by atoms with E-state index < -0.39 is 11.5 Å². The molecular formula is C15H14Cl2N2O3.